The van der Waals surface area contributed by atoms with E-state index in [9.17, 15) is 65.9 Å². The third-order valence-corrected chi connectivity index (χ3v) is 9.25. The summed E-state index contributed by atoms with van der Waals surface area (Å²) in [6, 6.07) is -2.39. The summed E-state index contributed by atoms with van der Waals surface area (Å²) in [6.45, 7) is 0. The Morgan fingerprint density at radius 3 is 0.885 bits per heavy atom. The molecule has 61 heavy (non-hydrogen) atoms. The van der Waals surface area contributed by atoms with Crippen molar-refractivity contribution in [1.82, 2.24) is 0 Å². The molecule has 28 heteroatoms. The third-order valence-electron chi connectivity index (χ3n) is 9.25. The molecule has 4 aromatic rings. The number of alkyl halides is 18. The number of rotatable bonds is 8. The Morgan fingerprint density at radius 2 is 0.590 bits per heavy atom. The van der Waals surface area contributed by atoms with Gasteiger partial charge in [0.05, 0.1) is 22.5 Å². The van der Waals surface area contributed by atoms with E-state index in [0.29, 0.717) is 0 Å². The van der Waals surface area contributed by atoms with Crippen molar-refractivity contribution in [3.63, 3.8) is 0 Å². The van der Waals surface area contributed by atoms with Gasteiger partial charge in [-0.3, -0.25) is 0 Å². The molecule has 5 rings (SSSR count). The molecular formula is C33H8F27N. The van der Waals surface area contributed by atoms with E-state index in [1.54, 1.807) is 0 Å². The minimum Gasteiger partial charge on any atom is -0.304 e. The summed E-state index contributed by atoms with van der Waals surface area (Å²) in [5.41, 5.74) is -27.3. The van der Waals surface area contributed by atoms with E-state index in [0.717, 1.165) is 0 Å². The van der Waals surface area contributed by atoms with Gasteiger partial charge in [-0.05, 0) is 23.3 Å². The lowest BCUT2D eigenvalue weighted by molar-refractivity contribution is -0.438. The molecule has 334 valence electrons. The smallest absolute Gasteiger partial charge is 0.304 e. The zero-order chi connectivity index (χ0) is 47.0. The third kappa shape index (κ3) is 5.62. The molecule has 0 N–H and O–H groups in total. The van der Waals surface area contributed by atoms with Crippen LogP contribution in [0.3, 0.4) is 0 Å². The maximum Gasteiger partial charge on any atom is 0.460 e. The normalized spacial score (nSPS) is 15.6. The highest BCUT2D eigenvalue weighted by atomic mass is 19.4. The first kappa shape index (κ1) is 46.8. The summed E-state index contributed by atoms with van der Waals surface area (Å²) in [7, 11) is 0. The van der Waals surface area contributed by atoms with Gasteiger partial charge in [0.25, 0.3) is 0 Å². The Balaban J connectivity index is 2.05. The van der Waals surface area contributed by atoms with Gasteiger partial charge in [-0.25, -0.2) is 39.5 Å². The van der Waals surface area contributed by atoms with Crippen LogP contribution < -0.4 is 4.90 Å². The van der Waals surface area contributed by atoms with Gasteiger partial charge in [0.2, 0.25) is 5.82 Å². The molecule has 0 atom stereocenters. The fraction of sp³-hybridized carbons (Fsp3) is 0.273. The first-order valence-corrected chi connectivity index (χ1v) is 15.2. The average molecular weight is 931 g/mol. The highest BCUT2D eigenvalue weighted by molar-refractivity contribution is 5.88. The van der Waals surface area contributed by atoms with E-state index in [2.05, 4.69) is 0 Å². The second-order valence-electron chi connectivity index (χ2n) is 12.5. The van der Waals surface area contributed by atoms with Gasteiger partial charge in [0.1, 0.15) is 5.69 Å². The van der Waals surface area contributed by atoms with Crippen LogP contribution in [-0.2, 0) is 5.41 Å². The molecule has 4 aromatic carbocycles. The maximum absolute atomic E-state index is 16.5. The molecule has 0 unspecified atom stereocenters. The monoisotopic (exact) mass is 931 g/mol. The molecule has 0 radical (unpaired) electrons. The number of hydrogen-bond donors (Lipinski definition) is 0. The van der Waals surface area contributed by atoms with Crippen molar-refractivity contribution in [2.24, 2.45) is 0 Å². The van der Waals surface area contributed by atoms with Crippen molar-refractivity contribution < 1.29 is 119 Å². The number of nitrogens with zero attached hydrogens (tertiary/aromatic N) is 1. The van der Waals surface area contributed by atoms with E-state index in [-0.39, 0.29) is 36.4 Å². The summed E-state index contributed by atoms with van der Waals surface area (Å²) in [4.78, 5) is -0.908. The lowest BCUT2D eigenvalue weighted by Crippen LogP contribution is -2.77. The number of para-hydroxylation sites is 2. The van der Waals surface area contributed by atoms with Gasteiger partial charge in [0.15, 0.2) is 52.0 Å². The van der Waals surface area contributed by atoms with Crippen LogP contribution in [0.4, 0.5) is 136 Å². The van der Waals surface area contributed by atoms with Gasteiger partial charge >= 0.3 is 47.9 Å². The van der Waals surface area contributed by atoms with Crippen LogP contribution in [0.15, 0.2) is 48.5 Å². The lowest BCUT2D eigenvalue weighted by Gasteiger charge is -2.55. The van der Waals surface area contributed by atoms with Gasteiger partial charge < -0.3 is 4.90 Å². The number of fused-ring (bicyclic) bond motifs is 2. The topological polar surface area (TPSA) is 3.24 Å². The predicted octanol–water partition coefficient (Wildman–Crippen LogP) is 13.6. The van der Waals surface area contributed by atoms with Crippen molar-refractivity contribution in [2.75, 3.05) is 4.90 Å². The molecule has 0 saturated heterocycles. The minimum atomic E-state index is -8.71. The average Bonchev–Trinajstić information content (AvgIpc) is 3.15. The molecule has 0 bridgehead atoms. The van der Waals surface area contributed by atoms with E-state index in [1.807, 2.05) is 0 Å². The molecular weight excluding hydrogens is 923 g/mol. The molecule has 0 amide bonds. The van der Waals surface area contributed by atoms with Crippen molar-refractivity contribution >= 4 is 17.1 Å². The lowest BCUT2D eigenvalue weighted by atomic mass is 9.58. The number of anilines is 3. The van der Waals surface area contributed by atoms with Crippen LogP contribution in [0.25, 0.3) is 11.1 Å². The van der Waals surface area contributed by atoms with Crippen LogP contribution in [0.1, 0.15) is 11.1 Å². The standard InChI is InChI=1S/C33H8F27N/c34-15-13(16(35)20(39)21(40)19(15)38)14-17(36)22(41)24(23(42)18(14)37)61-11-7-3-1-5-9(11)25(10-6-2-4-8-12(10)61,26(43,44)28(47,48)30(51,52)32(55,56)57)27(45,46)29(49,50)31(53,54)33(58,59)60/h1-8H. The molecule has 1 heterocycles. The van der Waals surface area contributed by atoms with E-state index in [1.165, 1.54) is 0 Å². The van der Waals surface area contributed by atoms with E-state index >= 15 is 52.7 Å². The van der Waals surface area contributed by atoms with Crippen LogP contribution in [-0.4, -0.2) is 47.9 Å². The summed E-state index contributed by atoms with van der Waals surface area (Å²) < 4.78 is 399. The molecule has 0 fully saturated rings. The second-order valence-corrected chi connectivity index (χ2v) is 12.5. The van der Waals surface area contributed by atoms with Gasteiger partial charge in [0, 0.05) is 0 Å². The molecule has 0 saturated carbocycles. The molecule has 0 aromatic heterocycles. The van der Waals surface area contributed by atoms with Crippen molar-refractivity contribution in [1.29, 1.82) is 0 Å². The highest BCUT2D eigenvalue weighted by Crippen LogP contribution is 2.73. The summed E-state index contributed by atoms with van der Waals surface area (Å²) in [6.07, 6.45) is -16.2. The van der Waals surface area contributed by atoms with E-state index < -0.39 is 162 Å². The van der Waals surface area contributed by atoms with Crippen LogP contribution in [0, 0.1) is 52.4 Å². The Bertz CT molecular complexity index is 2270. The number of benzene rings is 4. The van der Waals surface area contributed by atoms with Gasteiger partial charge in [-0.2, -0.15) is 79.0 Å². The van der Waals surface area contributed by atoms with Gasteiger partial charge in [-0.1, -0.05) is 36.4 Å². The molecule has 1 aliphatic rings. The zero-order valence-electron chi connectivity index (χ0n) is 27.8. The molecule has 0 aliphatic carbocycles. The van der Waals surface area contributed by atoms with Crippen LogP contribution in [0.2, 0.25) is 0 Å². The predicted molar refractivity (Wildman–Crippen MR) is 149 cm³/mol. The fourth-order valence-electron chi connectivity index (χ4n) is 6.44. The van der Waals surface area contributed by atoms with Gasteiger partial charge in [-0.15, -0.1) is 0 Å². The first-order valence-electron chi connectivity index (χ1n) is 15.2. The Kier molecular flexibility index (Phi) is 10.5. The van der Waals surface area contributed by atoms with Crippen LogP contribution in [0.5, 0.6) is 0 Å². The van der Waals surface area contributed by atoms with Crippen molar-refractivity contribution in [3.8, 4) is 11.1 Å². The quantitative estimate of drug-likeness (QED) is 0.0967. The minimum absolute atomic E-state index is 0.122. The molecule has 1 aliphatic heterocycles. The Morgan fingerprint density at radius 1 is 0.328 bits per heavy atom. The number of hydrogen-bond acceptors (Lipinski definition) is 1. The van der Waals surface area contributed by atoms with Crippen LogP contribution >= 0.6 is 0 Å². The number of halogens is 27. The SMILES string of the molecule is Fc1c(F)c(F)c(-c2c(F)c(F)c(N3c4ccccc4C(C(F)(F)C(F)(F)C(F)(F)C(F)(F)F)(C(F)(F)C(F)(F)C(F)(F)C(F)(F)F)c4ccccc43)c(F)c2F)c(F)c1F. The van der Waals surface area contributed by atoms with Crippen molar-refractivity contribution in [3.05, 3.63) is 112 Å². The summed E-state index contributed by atoms with van der Waals surface area (Å²) in [5, 5.41) is 0. The maximum atomic E-state index is 16.5. The summed E-state index contributed by atoms with van der Waals surface area (Å²) in [5.74, 6) is -80.3. The first-order chi connectivity index (χ1) is 27.4. The fourth-order valence-corrected chi connectivity index (χ4v) is 6.44. The molecule has 0 spiro atoms. The summed E-state index contributed by atoms with van der Waals surface area (Å²) >= 11 is 0. The largest absolute Gasteiger partial charge is 0.460 e. The second kappa shape index (κ2) is 13.6. The highest BCUT2D eigenvalue weighted by Gasteiger charge is 2.96. The Labute approximate surface area is 317 Å². The van der Waals surface area contributed by atoms with E-state index in [4.69, 9.17) is 0 Å². The van der Waals surface area contributed by atoms with Crippen molar-refractivity contribution in [2.45, 2.75) is 53.3 Å². The zero-order valence-corrected chi connectivity index (χ0v) is 27.8. The Hall–Kier alpha value is -5.21. The molecule has 1 nitrogen and oxygen atoms in total.